The molecule has 2 aliphatic heterocycles. The van der Waals surface area contributed by atoms with E-state index in [1.165, 1.54) is 29.9 Å². The Kier molecular flexibility index (Phi) is 2.30. The van der Waals surface area contributed by atoms with E-state index in [-0.39, 0.29) is 5.54 Å². The molecule has 1 aromatic carbocycles. The van der Waals surface area contributed by atoms with Crippen LogP contribution in [0.4, 0.5) is 5.69 Å². The number of nitrogens with zero attached hydrogens (tertiary/aromatic N) is 1. The van der Waals surface area contributed by atoms with Gasteiger partial charge in [0.25, 0.3) is 0 Å². The summed E-state index contributed by atoms with van der Waals surface area (Å²) in [6.07, 6.45) is 4.45. The Bertz CT molecular complexity index is 468. The third-order valence-electron chi connectivity index (χ3n) is 3.75. The summed E-state index contributed by atoms with van der Waals surface area (Å²) in [5.41, 5.74) is 4.13. The highest BCUT2D eigenvalue weighted by Gasteiger charge is 2.26. The predicted octanol–water partition coefficient (Wildman–Crippen LogP) is 2.93. The highest BCUT2D eigenvalue weighted by atomic mass is 15.2. The van der Waals surface area contributed by atoms with Crippen LogP contribution in [0.25, 0.3) is 6.08 Å². The minimum absolute atomic E-state index is 0.0715. The molecule has 0 unspecified atom stereocenters. The van der Waals surface area contributed by atoms with Crippen molar-refractivity contribution >= 4 is 11.8 Å². The topological polar surface area (TPSA) is 15.3 Å². The molecule has 2 aliphatic rings. The van der Waals surface area contributed by atoms with Crippen molar-refractivity contribution in [2.24, 2.45) is 0 Å². The van der Waals surface area contributed by atoms with Crippen LogP contribution in [0.5, 0.6) is 0 Å². The van der Waals surface area contributed by atoms with Crippen molar-refractivity contribution in [3.8, 4) is 0 Å². The largest absolute Gasteiger partial charge is 0.376 e. The maximum Gasteiger partial charge on any atom is 0.0503 e. The van der Waals surface area contributed by atoms with Crippen molar-refractivity contribution in [1.82, 2.24) is 4.90 Å². The molecule has 2 heterocycles. The van der Waals surface area contributed by atoms with Gasteiger partial charge in [-0.2, -0.15) is 0 Å². The van der Waals surface area contributed by atoms with Gasteiger partial charge in [0.1, 0.15) is 0 Å². The maximum absolute atomic E-state index is 3.59. The van der Waals surface area contributed by atoms with E-state index >= 15 is 0 Å². The lowest BCUT2D eigenvalue weighted by molar-refractivity contribution is 0.190. The second-order valence-corrected chi connectivity index (χ2v) is 5.94. The summed E-state index contributed by atoms with van der Waals surface area (Å²) in [4.78, 5) is 2.36. The quantitative estimate of drug-likeness (QED) is 0.795. The van der Waals surface area contributed by atoms with E-state index in [4.69, 9.17) is 0 Å². The zero-order valence-corrected chi connectivity index (χ0v) is 10.8. The normalized spacial score (nSPS) is 22.8. The average Bonchev–Trinajstić information content (AvgIpc) is 2.22. The van der Waals surface area contributed by atoms with E-state index in [0.29, 0.717) is 0 Å². The molecule has 0 bridgehead atoms. The lowest BCUT2D eigenvalue weighted by Crippen LogP contribution is -2.41. The summed E-state index contributed by atoms with van der Waals surface area (Å²) in [7, 11) is 2.18. The zero-order valence-electron chi connectivity index (χ0n) is 10.8. The van der Waals surface area contributed by atoms with Crippen molar-refractivity contribution in [2.45, 2.75) is 25.3 Å². The van der Waals surface area contributed by atoms with Crippen LogP contribution in [0.2, 0.25) is 0 Å². The summed E-state index contributed by atoms with van der Waals surface area (Å²) >= 11 is 0. The van der Waals surface area contributed by atoms with Crippen molar-refractivity contribution in [2.75, 3.05) is 25.5 Å². The molecule has 0 saturated carbocycles. The van der Waals surface area contributed by atoms with Crippen LogP contribution in [0.3, 0.4) is 0 Å². The molecule has 1 N–H and O–H groups in total. The number of anilines is 1. The molecule has 1 saturated heterocycles. The van der Waals surface area contributed by atoms with Crippen LogP contribution in [0, 0.1) is 0 Å². The van der Waals surface area contributed by atoms with Crippen LogP contribution in [0.1, 0.15) is 30.9 Å². The number of likely N-dealkylation sites (tertiary alicyclic amines) is 1. The first-order chi connectivity index (χ1) is 8.03. The average molecular weight is 228 g/mol. The van der Waals surface area contributed by atoms with Gasteiger partial charge in [-0.05, 0) is 38.1 Å². The lowest BCUT2D eigenvalue weighted by Gasteiger charge is -2.37. The fourth-order valence-corrected chi connectivity index (χ4v) is 2.68. The fraction of sp³-hybridized carbons (Fsp3) is 0.467. The number of rotatable bonds is 1. The Hall–Kier alpha value is -1.28. The van der Waals surface area contributed by atoms with Crippen molar-refractivity contribution < 1.29 is 0 Å². The minimum atomic E-state index is 0.0715. The molecule has 0 amide bonds. The molecule has 3 rings (SSSR count). The van der Waals surface area contributed by atoms with Crippen LogP contribution in [-0.2, 0) is 0 Å². The molecule has 0 radical (unpaired) electrons. The van der Waals surface area contributed by atoms with E-state index in [1.54, 1.807) is 0 Å². The van der Waals surface area contributed by atoms with Crippen LogP contribution >= 0.6 is 0 Å². The Labute approximate surface area is 103 Å². The number of nitrogens with one attached hydrogen (secondary N) is 1. The van der Waals surface area contributed by atoms with E-state index in [0.717, 1.165) is 5.92 Å². The molecule has 1 fully saturated rings. The smallest absolute Gasteiger partial charge is 0.0503 e. The van der Waals surface area contributed by atoms with Gasteiger partial charge in [-0.3, -0.25) is 0 Å². The van der Waals surface area contributed by atoms with Gasteiger partial charge in [0.05, 0.1) is 5.54 Å². The molecule has 0 atom stereocenters. The third-order valence-corrected chi connectivity index (χ3v) is 3.75. The number of fused-ring (bicyclic) bond motifs is 1. The van der Waals surface area contributed by atoms with Gasteiger partial charge in [-0.25, -0.2) is 0 Å². The Morgan fingerprint density at radius 1 is 1.29 bits per heavy atom. The minimum Gasteiger partial charge on any atom is -0.376 e. The number of hydrogen-bond acceptors (Lipinski definition) is 2. The van der Waals surface area contributed by atoms with Crippen LogP contribution in [-0.4, -0.2) is 30.6 Å². The fourth-order valence-electron chi connectivity index (χ4n) is 2.68. The second-order valence-electron chi connectivity index (χ2n) is 5.94. The molecule has 0 spiro atoms. The summed E-state index contributed by atoms with van der Waals surface area (Å²) in [5, 5.41) is 3.59. The van der Waals surface area contributed by atoms with E-state index < -0.39 is 0 Å². The Morgan fingerprint density at radius 2 is 2.06 bits per heavy atom. The van der Waals surface area contributed by atoms with E-state index in [2.05, 4.69) is 61.5 Å². The molecule has 2 heteroatoms. The van der Waals surface area contributed by atoms with Gasteiger partial charge in [-0.15, -0.1) is 0 Å². The number of likely N-dealkylation sites (N-methyl/N-ethyl adjacent to an activating group) is 1. The molecule has 90 valence electrons. The molecular weight excluding hydrogens is 208 g/mol. The molecule has 0 aromatic heterocycles. The van der Waals surface area contributed by atoms with Gasteiger partial charge in [0.2, 0.25) is 0 Å². The van der Waals surface area contributed by atoms with E-state index in [1.807, 2.05) is 0 Å². The van der Waals surface area contributed by atoms with Gasteiger partial charge in [0, 0.05) is 24.7 Å². The lowest BCUT2D eigenvalue weighted by atomic mass is 9.89. The van der Waals surface area contributed by atoms with Crippen LogP contribution < -0.4 is 5.32 Å². The standard InChI is InChI=1S/C15H20N2/c1-15(2)7-6-11-4-5-12(8-14(11)16-15)13-9-17(3)10-13/h4-8,13,16H,9-10H2,1-3H3. The summed E-state index contributed by atoms with van der Waals surface area (Å²) in [5.74, 6) is 0.723. The van der Waals surface area contributed by atoms with Gasteiger partial charge in [-0.1, -0.05) is 24.3 Å². The van der Waals surface area contributed by atoms with Crippen LogP contribution in [0.15, 0.2) is 24.3 Å². The molecular formula is C15H20N2. The molecule has 0 aliphatic carbocycles. The first kappa shape index (κ1) is 10.8. The van der Waals surface area contributed by atoms with Crippen molar-refractivity contribution in [1.29, 1.82) is 0 Å². The number of hydrogen-bond donors (Lipinski definition) is 1. The summed E-state index contributed by atoms with van der Waals surface area (Å²) in [6.45, 7) is 6.79. The van der Waals surface area contributed by atoms with Crippen molar-refractivity contribution in [3.05, 3.63) is 35.4 Å². The SMILES string of the molecule is CN1CC(c2ccc3c(c2)NC(C)(C)C=C3)C1. The first-order valence-corrected chi connectivity index (χ1v) is 6.33. The first-order valence-electron chi connectivity index (χ1n) is 6.33. The molecule has 2 nitrogen and oxygen atoms in total. The maximum atomic E-state index is 3.59. The Balaban J connectivity index is 1.89. The second kappa shape index (κ2) is 3.61. The third kappa shape index (κ3) is 1.98. The van der Waals surface area contributed by atoms with Crippen molar-refractivity contribution in [3.63, 3.8) is 0 Å². The zero-order chi connectivity index (χ0) is 12.0. The highest BCUT2D eigenvalue weighted by molar-refractivity contribution is 5.72. The monoisotopic (exact) mass is 228 g/mol. The highest BCUT2D eigenvalue weighted by Crippen LogP contribution is 2.33. The summed E-state index contributed by atoms with van der Waals surface area (Å²) in [6, 6.07) is 6.85. The molecule has 1 aromatic rings. The van der Waals surface area contributed by atoms with E-state index in [9.17, 15) is 0 Å². The van der Waals surface area contributed by atoms with Gasteiger partial charge in [0.15, 0.2) is 0 Å². The molecule has 17 heavy (non-hydrogen) atoms. The Morgan fingerprint density at radius 3 is 2.76 bits per heavy atom. The van der Waals surface area contributed by atoms with Gasteiger partial charge < -0.3 is 10.2 Å². The predicted molar refractivity (Wildman–Crippen MR) is 73.4 cm³/mol. The summed E-state index contributed by atoms with van der Waals surface area (Å²) < 4.78 is 0. The number of benzene rings is 1. The van der Waals surface area contributed by atoms with Gasteiger partial charge >= 0.3 is 0 Å².